The lowest BCUT2D eigenvalue weighted by Crippen LogP contribution is -2.15. The van der Waals surface area contributed by atoms with E-state index in [4.69, 9.17) is 15.8 Å². The second kappa shape index (κ2) is 8.57. The van der Waals surface area contributed by atoms with Crippen molar-refractivity contribution in [1.29, 1.82) is 0 Å². The number of hydrogen-bond acceptors (Lipinski definition) is 2. The van der Waals surface area contributed by atoms with Crippen LogP contribution in [0.1, 0.15) is 12.8 Å². The van der Waals surface area contributed by atoms with Crippen LogP contribution in [-0.4, -0.2) is 34.2 Å². The lowest BCUT2D eigenvalue weighted by Gasteiger charge is -2.10. The van der Waals surface area contributed by atoms with Gasteiger partial charge in [-0.2, -0.15) is 9.58 Å². The number of ether oxygens (including phenoxy) is 1. The lowest BCUT2D eigenvalue weighted by molar-refractivity contribution is -0.135. The number of esters is 1. The Hall–Kier alpha value is -3.03. The molecule has 0 atom stereocenters. The Labute approximate surface area is 133 Å². The molecule has 0 spiro atoms. The molecule has 0 bridgehead atoms. The highest BCUT2D eigenvalue weighted by molar-refractivity contribution is 6.50. The van der Waals surface area contributed by atoms with Crippen LogP contribution in [-0.2, 0) is 9.53 Å². The summed E-state index contributed by atoms with van der Waals surface area (Å²) >= 11 is 0. The van der Waals surface area contributed by atoms with Gasteiger partial charge in [0.25, 0.3) is 11.4 Å². The molecule has 0 unspecified atom stereocenters. The molecule has 0 saturated heterocycles. The van der Waals surface area contributed by atoms with Crippen molar-refractivity contribution < 1.29 is 36.4 Å². The van der Waals surface area contributed by atoms with Gasteiger partial charge in [0.15, 0.2) is 0 Å². The molecule has 126 valence electrons. The molecule has 0 radical (unpaired) electrons. The monoisotopic (exact) mass is 341 g/mol. The van der Waals surface area contributed by atoms with Crippen LogP contribution in [0.2, 0.25) is 0 Å². The second-order valence-electron chi connectivity index (χ2n) is 4.46. The van der Waals surface area contributed by atoms with Gasteiger partial charge in [0.1, 0.15) is 12.2 Å². The van der Waals surface area contributed by atoms with E-state index in [9.17, 15) is 22.1 Å². The number of halogens is 4. The van der Waals surface area contributed by atoms with Crippen molar-refractivity contribution in [3.63, 3.8) is 0 Å². The van der Waals surface area contributed by atoms with Crippen molar-refractivity contribution in [2.45, 2.75) is 12.8 Å². The molecule has 0 aliphatic heterocycles. The predicted octanol–water partition coefficient (Wildman–Crippen LogP) is 2.90. The molecule has 2 rings (SSSR count). The van der Waals surface area contributed by atoms with Gasteiger partial charge in [0, 0.05) is 17.7 Å². The third kappa shape index (κ3) is 7.30. The molecule has 0 amide bonds. The predicted molar refractivity (Wildman–Crippen MR) is 77.2 cm³/mol. The molecule has 0 aromatic rings. The smallest absolute Gasteiger partial charge is 0.427 e. The Morgan fingerprint density at radius 1 is 1.00 bits per heavy atom. The fraction of sp³-hybridized carbons (Fsp3) is 0.154. The van der Waals surface area contributed by atoms with Crippen LogP contribution in [0.5, 0.6) is 0 Å². The van der Waals surface area contributed by atoms with Crippen LogP contribution in [0.15, 0.2) is 47.8 Å². The van der Waals surface area contributed by atoms with E-state index < -0.39 is 13.2 Å². The molecule has 0 heterocycles. The summed E-state index contributed by atoms with van der Waals surface area (Å²) in [5, 5.41) is 0. The summed E-state index contributed by atoms with van der Waals surface area (Å²) in [6, 6.07) is 0. The molecule has 0 aromatic heterocycles. The quantitative estimate of drug-likeness (QED) is 0.254. The number of carbonyl (C=O) groups excluding carboxylic acids is 1. The summed E-state index contributed by atoms with van der Waals surface area (Å²) in [6.07, 6.45) is 10.2. The minimum atomic E-state index is -6.00. The molecule has 2 aliphatic carbocycles. The highest BCUT2D eigenvalue weighted by atomic mass is 19.5. The van der Waals surface area contributed by atoms with Gasteiger partial charge in [0.2, 0.25) is 0 Å². The zero-order valence-corrected chi connectivity index (χ0v) is 12.1. The SMILES string of the molecule is F[B-](F)(F)F.[N-]=[N+]=C1C=CC=C(OC(=O)C2=CC=CC(=[N+]=[N-])C2)C1. The summed E-state index contributed by atoms with van der Waals surface area (Å²) in [4.78, 5) is 18.0. The molecule has 2 aliphatic rings. The van der Waals surface area contributed by atoms with Crippen molar-refractivity contribution in [2.24, 2.45) is 0 Å². The van der Waals surface area contributed by atoms with Gasteiger partial charge in [-0.15, -0.1) is 0 Å². The van der Waals surface area contributed by atoms with Gasteiger partial charge in [-0.25, -0.2) is 4.79 Å². The largest absolute Gasteiger partial charge is 0.673 e. The van der Waals surface area contributed by atoms with E-state index in [0.717, 1.165) is 0 Å². The first kappa shape index (κ1) is 19.0. The normalized spacial score (nSPS) is 16.2. The average molecular weight is 341 g/mol. The van der Waals surface area contributed by atoms with E-state index in [1.165, 1.54) is 0 Å². The lowest BCUT2D eigenvalue weighted by atomic mass is 10.0. The summed E-state index contributed by atoms with van der Waals surface area (Å²) in [7, 11) is -6.00. The van der Waals surface area contributed by atoms with Gasteiger partial charge < -0.3 is 33.1 Å². The zero-order valence-electron chi connectivity index (χ0n) is 12.1. The molecular formula is C13H10BF4N4O2-. The maximum atomic E-state index is 11.9. The Balaban J connectivity index is 0.000000505. The van der Waals surface area contributed by atoms with Crippen LogP contribution in [0.4, 0.5) is 17.3 Å². The van der Waals surface area contributed by atoms with E-state index in [1.807, 2.05) is 0 Å². The van der Waals surface area contributed by atoms with Gasteiger partial charge in [-0.3, -0.25) is 0 Å². The van der Waals surface area contributed by atoms with Crippen molar-refractivity contribution in [3.05, 3.63) is 58.9 Å². The number of carbonyl (C=O) groups is 1. The van der Waals surface area contributed by atoms with Crippen LogP contribution >= 0.6 is 0 Å². The first-order valence-corrected chi connectivity index (χ1v) is 6.48. The second-order valence-corrected chi connectivity index (χ2v) is 4.46. The van der Waals surface area contributed by atoms with Crippen molar-refractivity contribution in [1.82, 2.24) is 0 Å². The fourth-order valence-electron chi connectivity index (χ4n) is 1.68. The Morgan fingerprint density at radius 3 is 2.04 bits per heavy atom. The van der Waals surface area contributed by atoms with E-state index in [0.29, 0.717) is 22.8 Å². The molecule has 0 fully saturated rings. The molecule has 11 heteroatoms. The number of nitrogens with zero attached hydrogens (tertiary/aromatic N) is 4. The standard InChI is InChI=1S/C13H10N4O2.BF4/c14-16-10-4-1-3-9(7-10)13(18)19-12-6-2-5-11(8-12)17-15;2-1(3,4)5/h1-6H,7-8H2;/q;-1. The van der Waals surface area contributed by atoms with E-state index >= 15 is 0 Å². The molecule has 0 N–H and O–H groups in total. The highest BCUT2D eigenvalue weighted by Gasteiger charge is 2.22. The van der Waals surface area contributed by atoms with Crippen LogP contribution in [0.25, 0.3) is 11.1 Å². The average Bonchev–Trinajstić information content (AvgIpc) is 2.53. The number of rotatable bonds is 2. The molecule has 24 heavy (non-hydrogen) atoms. The van der Waals surface area contributed by atoms with Crippen LogP contribution in [0, 0.1) is 0 Å². The molecular weight excluding hydrogens is 331 g/mol. The van der Waals surface area contributed by atoms with E-state index in [-0.39, 0.29) is 12.8 Å². The van der Waals surface area contributed by atoms with Crippen LogP contribution in [0.3, 0.4) is 0 Å². The summed E-state index contributed by atoms with van der Waals surface area (Å²) in [5.41, 5.74) is 18.5. The van der Waals surface area contributed by atoms with Gasteiger partial charge in [-0.1, -0.05) is 18.2 Å². The summed E-state index contributed by atoms with van der Waals surface area (Å²) < 4.78 is 44.2. The maximum absolute atomic E-state index is 11.9. The summed E-state index contributed by atoms with van der Waals surface area (Å²) in [5.74, 6) is -0.109. The van der Waals surface area contributed by atoms with Crippen molar-refractivity contribution in [3.8, 4) is 0 Å². The first-order valence-electron chi connectivity index (χ1n) is 6.48. The Morgan fingerprint density at radius 2 is 1.50 bits per heavy atom. The molecule has 6 nitrogen and oxygen atoms in total. The highest BCUT2D eigenvalue weighted by Crippen LogP contribution is 2.16. The summed E-state index contributed by atoms with van der Waals surface area (Å²) in [6.45, 7) is 0. The topological polar surface area (TPSA) is 99.1 Å². The van der Waals surface area contributed by atoms with E-state index in [2.05, 4.69) is 9.58 Å². The Kier molecular flexibility index (Phi) is 6.79. The minimum Gasteiger partial charge on any atom is -0.427 e. The van der Waals surface area contributed by atoms with Gasteiger partial charge in [0.05, 0.1) is 6.42 Å². The maximum Gasteiger partial charge on any atom is 0.673 e. The van der Waals surface area contributed by atoms with Crippen LogP contribution < -0.4 is 0 Å². The molecule has 0 saturated carbocycles. The van der Waals surface area contributed by atoms with Gasteiger partial charge in [-0.05, 0) is 6.08 Å². The minimum absolute atomic E-state index is 0.218. The third-order valence-corrected chi connectivity index (χ3v) is 2.63. The number of hydrogen-bond donors (Lipinski definition) is 0. The fourth-order valence-corrected chi connectivity index (χ4v) is 1.68. The Bertz CT molecular complexity index is 734. The van der Waals surface area contributed by atoms with Crippen molar-refractivity contribution >= 4 is 24.6 Å². The third-order valence-electron chi connectivity index (χ3n) is 2.63. The molecule has 0 aromatic carbocycles. The van der Waals surface area contributed by atoms with Gasteiger partial charge >= 0.3 is 13.2 Å². The van der Waals surface area contributed by atoms with E-state index in [1.54, 1.807) is 36.5 Å². The zero-order chi connectivity index (χ0) is 18.2. The first-order chi connectivity index (χ1) is 11.2. The van der Waals surface area contributed by atoms with Crippen molar-refractivity contribution in [2.75, 3.05) is 0 Å². The number of allylic oxidation sites excluding steroid dienone is 7.